The molecule has 0 saturated heterocycles. The fourth-order valence-corrected chi connectivity index (χ4v) is 2.65. The highest BCUT2D eigenvalue weighted by molar-refractivity contribution is 5.81. The van der Waals surface area contributed by atoms with Crippen LogP contribution in [0.1, 0.15) is 19.8 Å². The molecule has 0 amide bonds. The maximum Gasteiger partial charge on any atom is 0.330 e. The van der Waals surface area contributed by atoms with Gasteiger partial charge in [0, 0.05) is 11.5 Å². The maximum atomic E-state index is 11.0. The van der Waals surface area contributed by atoms with Crippen LogP contribution < -0.4 is 0 Å². The van der Waals surface area contributed by atoms with E-state index < -0.39 is 0 Å². The second kappa shape index (κ2) is 3.26. The van der Waals surface area contributed by atoms with E-state index in [0.29, 0.717) is 18.4 Å². The van der Waals surface area contributed by atoms with E-state index in [2.05, 4.69) is 25.7 Å². The summed E-state index contributed by atoms with van der Waals surface area (Å²) in [6.45, 7) is 6.12. The van der Waals surface area contributed by atoms with Crippen molar-refractivity contribution in [1.29, 1.82) is 0 Å². The summed E-state index contributed by atoms with van der Waals surface area (Å²) in [5, 5.41) is 0. The van der Waals surface area contributed by atoms with Gasteiger partial charge in [-0.15, -0.1) is 0 Å². The van der Waals surface area contributed by atoms with Crippen LogP contribution in [0.15, 0.2) is 24.8 Å². The van der Waals surface area contributed by atoms with Gasteiger partial charge in [0.25, 0.3) is 0 Å². The van der Waals surface area contributed by atoms with E-state index in [4.69, 9.17) is 4.74 Å². The highest BCUT2D eigenvalue weighted by Gasteiger charge is 2.45. The molecule has 0 aliphatic heterocycles. The lowest BCUT2D eigenvalue weighted by Gasteiger charge is -2.30. The first kappa shape index (κ1) is 9.50. The molecule has 2 heteroatoms. The topological polar surface area (TPSA) is 26.3 Å². The molecule has 0 radical (unpaired) electrons. The summed E-state index contributed by atoms with van der Waals surface area (Å²) in [6.07, 6.45) is 8.19. The third-order valence-electron chi connectivity index (χ3n) is 3.51. The fourth-order valence-electron chi connectivity index (χ4n) is 2.65. The Morgan fingerprint density at radius 3 is 3.00 bits per heavy atom. The standard InChI is InChI=1S/C12H16O2/c1-3-11(13)14-8-12(2)7-9-4-5-10(12)6-9/h3-5,9-10H,1,6-8H2,2H3. The molecule has 2 bridgehead atoms. The van der Waals surface area contributed by atoms with E-state index in [1.165, 1.54) is 12.5 Å². The number of hydrogen-bond acceptors (Lipinski definition) is 2. The highest BCUT2D eigenvalue weighted by Crippen LogP contribution is 2.51. The molecule has 2 rings (SSSR count). The van der Waals surface area contributed by atoms with Crippen molar-refractivity contribution >= 4 is 5.97 Å². The van der Waals surface area contributed by atoms with Gasteiger partial charge in [-0.2, -0.15) is 0 Å². The van der Waals surface area contributed by atoms with E-state index in [0.717, 1.165) is 6.42 Å². The first-order valence-electron chi connectivity index (χ1n) is 5.11. The molecule has 0 heterocycles. The first-order chi connectivity index (χ1) is 6.64. The van der Waals surface area contributed by atoms with E-state index in [1.807, 2.05) is 0 Å². The van der Waals surface area contributed by atoms with Crippen LogP contribution in [-0.4, -0.2) is 12.6 Å². The second-order valence-electron chi connectivity index (χ2n) is 4.66. The number of fused-ring (bicyclic) bond motifs is 2. The Hall–Kier alpha value is -1.05. The summed E-state index contributed by atoms with van der Waals surface area (Å²) in [7, 11) is 0. The molecule has 3 unspecified atom stereocenters. The Bertz CT molecular complexity index is 293. The lowest BCUT2D eigenvalue weighted by atomic mass is 9.78. The quantitative estimate of drug-likeness (QED) is 0.389. The largest absolute Gasteiger partial charge is 0.462 e. The molecule has 0 aromatic heterocycles. The molecule has 0 aromatic carbocycles. The molecular formula is C12H16O2. The van der Waals surface area contributed by atoms with Crippen molar-refractivity contribution in [3.8, 4) is 0 Å². The minimum Gasteiger partial charge on any atom is -0.462 e. The van der Waals surface area contributed by atoms with Crippen molar-refractivity contribution in [2.24, 2.45) is 17.3 Å². The van der Waals surface area contributed by atoms with Gasteiger partial charge in [-0.05, 0) is 24.7 Å². The second-order valence-corrected chi connectivity index (χ2v) is 4.66. The summed E-state index contributed by atoms with van der Waals surface area (Å²) >= 11 is 0. The molecule has 3 atom stereocenters. The Morgan fingerprint density at radius 2 is 2.50 bits per heavy atom. The smallest absolute Gasteiger partial charge is 0.330 e. The number of ether oxygens (including phenoxy) is 1. The van der Waals surface area contributed by atoms with Gasteiger partial charge >= 0.3 is 5.97 Å². The minimum atomic E-state index is -0.307. The van der Waals surface area contributed by atoms with E-state index in [9.17, 15) is 4.79 Å². The summed E-state index contributed by atoms with van der Waals surface area (Å²) in [6, 6.07) is 0. The predicted molar refractivity (Wildman–Crippen MR) is 54.6 cm³/mol. The zero-order chi connectivity index (χ0) is 10.2. The van der Waals surface area contributed by atoms with Crippen LogP contribution in [0.25, 0.3) is 0 Å². The molecule has 0 aromatic rings. The summed E-state index contributed by atoms with van der Waals surface area (Å²) < 4.78 is 5.14. The van der Waals surface area contributed by atoms with Crippen molar-refractivity contribution in [3.63, 3.8) is 0 Å². The van der Waals surface area contributed by atoms with Gasteiger partial charge in [0.15, 0.2) is 0 Å². The molecule has 1 fully saturated rings. The third kappa shape index (κ3) is 1.49. The summed E-state index contributed by atoms with van der Waals surface area (Å²) in [4.78, 5) is 11.0. The van der Waals surface area contributed by atoms with Crippen LogP contribution in [0.2, 0.25) is 0 Å². The Kier molecular flexibility index (Phi) is 2.22. The Balaban J connectivity index is 1.94. The van der Waals surface area contributed by atoms with Gasteiger partial charge in [-0.1, -0.05) is 25.7 Å². The summed E-state index contributed by atoms with van der Waals surface area (Å²) in [5.41, 5.74) is 0.165. The maximum absolute atomic E-state index is 11.0. The molecule has 0 N–H and O–H groups in total. The van der Waals surface area contributed by atoms with Gasteiger partial charge in [0.1, 0.15) is 0 Å². The van der Waals surface area contributed by atoms with Crippen LogP contribution in [0, 0.1) is 17.3 Å². The van der Waals surface area contributed by atoms with Gasteiger partial charge in [-0.25, -0.2) is 4.79 Å². The molecule has 2 nitrogen and oxygen atoms in total. The third-order valence-corrected chi connectivity index (χ3v) is 3.51. The Labute approximate surface area is 84.6 Å². The van der Waals surface area contributed by atoms with Crippen LogP contribution in [-0.2, 0) is 9.53 Å². The number of allylic oxidation sites excluding steroid dienone is 2. The predicted octanol–water partition coefficient (Wildman–Crippen LogP) is 2.32. The molecule has 1 saturated carbocycles. The number of esters is 1. The van der Waals surface area contributed by atoms with Crippen molar-refractivity contribution in [2.45, 2.75) is 19.8 Å². The number of carbonyl (C=O) groups excluding carboxylic acids is 1. The number of hydrogen-bond donors (Lipinski definition) is 0. The molecule has 0 spiro atoms. The van der Waals surface area contributed by atoms with Gasteiger partial charge < -0.3 is 4.74 Å². The van der Waals surface area contributed by atoms with Gasteiger partial charge in [0.2, 0.25) is 0 Å². The monoisotopic (exact) mass is 192 g/mol. The van der Waals surface area contributed by atoms with Crippen LogP contribution >= 0.6 is 0 Å². The van der Waals surface area contributed by atoms with Crippen molar-refractivity contribution < 1.29 is 9.53 Å². The molecule has 76 valence electrons. The van der Waals surface area contributed by atoms with Crippen LogP contribution in [0.4, 0.5) is 0 Å². The minimum absolute atomic E-state index is 0.165. The molecule has 2 aliphatic carbocycles. The van der Waals surface area contributed by atoms with Crippen LogP contribution in [0.5, 0.6) is 0 Å². The fraction of sp³-hybridized carbons (Fsp3) is 0.583. The van der Waals surface area contributed by atoms with Gasteiger partial charge in [-0.3, -0.25) is 0 Å². The SMILES string of the molecule is C=CC(=O)OCC1(C)CC2C=CC1C2. The average molecular weight is 192 g/mol. The van der Waals surface area contributed by atoms with E-state index >= 15 is 0 Å². The van der Waals surface area contributed by atoms with Crippen molar-refractivity contribution in [3.05, 3.63) is 24.8 Å². The highest BCUT2D eigenvalue weighted by atomic mass is 16.5. The zero-order valence-electron chi connectivity index (χ0n) is 8.53. The number of rotatable bonds is 3. The first-order valence-corrected chi connectivity index (χ1v) is 5.11. The van der Waals surface area contributed by atoms with Gasteiger partial charge in [0.05, 0.1) is 6.61 Å². The van der Waals surface area contributed by atoms with Crippen molar-refractivity contribution in [1.82, 2.24) is 0 Å². The normalized spacial score (nSPS) is 38.6. The average Bonchev–Trinajstić information content (AvgIpc) is 2.74. The summed E-state index contributed by atoms with van der Waals surface area (Å²) in [5.74, 6) is 1.01. The molecular weight excluding hydrogens is 176 g/mol. The van der Waals surface area contributed by atoms with Crippen LogP contribution in [0.3, 0.4) is 0 Å². The van der Waals surface area contributed by atoms with E-state index in [-0.39, 0.29) is 11.4 Å². The lowest BCUT2D eigenvalue weighted by molar-refractivity contribution is -0.141. The van der Waals surface area contributed by atoms with E-state index in [1.54, 1.807) is 0 Å². The molecule has 14 heavy (non-hydrogen) atoms. The molecule has 2 aliphatic rings. The van der Waals surface area contributed by atoms with Crippen molar-refractivity contribution in [2.75, 3.05) is 6.61 Å². The Morgan fingerprint density at radius 1 is 1.71 bits per heavy atom. The zero-order valence-corrected chi connectivity index (χ0v) is 8.53. The number of carbonyl (C=O) groups is 1. The lowest BCUT2D eigenvalue weighted by Crippen LogP contribution is -2.28.